The summed E-state index contributed by atoms with van der Waals surface area (Å²) in [7, 11) is 0. The zero-order valence-corrected chi connectivity index (χ0v) is 11.2. The van der Waals surface area contributed by atoms with Gasteiger partial charge in [0.2, 0.25) is 0 Å². The van der Waals surface area contributed by atoms with Crippen LogP contribution in [-0.2, 0) is 13.2 Å². The van der Waals surface area contributed by atoms with Gasteiger partial charge in [-0.25, -0.2) is 0 Å². The Bertz CT molecular complexity index is 562. The van der Waals surface area contributed by atoms with Gasteiger partial charge in [-0.15, -0.1) is 0 Å². The molecule has 0 amide bonds. The third-order valence-electron chi connectivity index (χ3n) is 3.23. The molecule has 3 nitrogen and oxygen atoms in total. The summed E-state index contributed by atoms with van der Waals surface area (Å²) >= 11 is 0. The molecule has 0 unspecified atom stereocenters. The molecule has 0 heterocycles. The van der Waals surface area contributed by atoms with Gasteiger partial charge in [0.1, 0.15) is 18.1 Å². The molecule has 0 atom stereocenters. The van der Waals surface area contributed by atoms with Crippen LogP contribution < -0.4 is 4.74 Å². The van der Waals surface area contributed by atoms with E-state index in [1.807, 2.05) is 43.3 Å². The van der Waals surface area contributed by atoms with E-state index in [0.29, 0.717) is 23.5 Å². The highest BCUT2D eigenvalue weighted by Crippen LogP contribution is 2.33. The van der Waals surface area contributed by atoms with Crippen LogP contribution in [0.15, 0.2) is 36.4 Å². The van der Waals surface area contributed by atoms with Crippen LogP contribution in [0.5, 0.6) is 11.5 Å². The molecule has 2 aromatic rings. The molecule has 0 bridgehead atoms. The van der Waals surface area contributed by atoms with E-state index in [9.17, 15) is 10.2 Å². The lowest BCUT2D eigenvalue weighted by Crippen LogP contribution is -2.00. The molecule has 19 heavy (non-hydrogen) atoms. The summed E-state index contributed by atoms with van der Waals surface area (Å²) in [6.45, 7) is 3.92. The van der Waals surface area contributed by atoms with Crippen LogP contribution >= 0.6 is 0 Å². The maximum absolute atomic E-state index is 10.0. The molecule has 3 heteroatoms. The SMILES string of the molecule is Cc1cc(OCc2ccccc2)c(C)c(O)c1CO. The molecule has 0 saturated heterocycles. The molecule has 0 saturated carbocycles. The van der Waals surface area contributed by atoms with Gasteiger partial charge in [0.25, 0.3) is 0 Å². The lowest BCUT2D eigenvalue weighted by Gasteiger charge is -2.15. The number of ether oxygens (including phenoxy) is 1. The number of aliphatic hydroxyl groups is 1. The quantitative estimate of drug-likeness (QED) is 0.886. The second-order valence-corrected chi connectivity index (χ2v) is 4.58. The highest BCUT2D eigenvalue weighted by atomic mass is 16.5. The van der Waals surface area contributed by atoms with Crippen molar-refractivity contribution in [2.75, 3.05) is 0 Å². The Labute approximate surface area is 113 Å². The standard InChI is InChI=1S/C16H18O3/c1-11-8-15(12(2)16(18)14(11)9-17)19-10-13-6-4-3-5-7-13/h3-8,17-18H,9-10H2,1-2H3. The molecule has 0 fully saturated rings. The van der Waals surface area contributed by atoms with Gasteiger partial charge in [-0.05, 0) is 31.0 Å². The number of hydrogen-bond donors (Lipinski definition) is 2. The second kappa shape index (κ2) is 5.76. The zero-order chi connectivity index (χ0) is 13.8. The summed E-state index contributed by atoms with van der Waals surface area (Å²) in [5, 5.41) is 19.2. The molecule has 0 aliphatic carbocycles. The van der Waals surface area contributed by atoms with Crippen molar-refractivity contribution in [1.82, 2.24) is 0 Å². The predicted molar refractivity (Wildman–Crippen MR) is 74.3 cm³/mol. The Morgan fingerprint density at radius 1 is 1.11 bits per heavy atom. The highest BCUT2D eigenvalue weighted by molar-refractivity contribution is 5.52. The van der Waals surface area contributed by atoms with Crippen molar-refractivity contribution in [3.05, 3.63) is 58.7 Å². The maximum Gasteiger partial charge on any atom is 0.127 e. The highest BCUT2D eigenvalue weighted by Gasteiger charge is 2.12. The Balaban J connectivity index is 2.22. The number of aliphatic hydroxyl groups excluding tert-OH is 1. The average molecular weight is 258 g/mol. The minimum Gasteiger partial charge on any atom is -0.507 e. The number of hydrogen-bond acceptors (Lipinski definition) is 3. The van der Waals surface area contributed by atoms with Gasteiger partial charge < -0.3 is 14.9 Å². The number of benzene rings is 2. The van der Waals surface area contributed by atoms with Crippen molar-refractivity contribution in [2.45, 2.75) is 27.1 Å². The molecule has 100 valence electrons. The van der Waals surface area contributed by atoms with Crippen molar-refractivity contribution < 1.29 is 14.9 Å². The lowest BCUT2D eigenvalue weighted by molar-refractivity contribution is 0.271. The van der Waals surface area contributed by atoms with Crippen LogP contribution in [0.2, 0.25) is 0 Å². The van der Waals surface area contributed by atoms with E-state index in [4.69, 9.17) is 4.74 Å². The summed E-state index contributed by atoms with van der Waals surface area (Å²) in [6, 6.07) is 11.7. The van der Waals surface area contributed by atoms with E-state index in [2.05, 4.69) is 0 Å². The first-order valence-corrected chi connectivity index (χ1v) is 6.23. The minimum atomic E-state index is -0.169. The maximum atomic E-state index is 10.0. The average Bonchev–Trinajstić information content (AvgIpc) is 2.43. The summed E-state index contributed by atoms with van der Waals surface area (Å²) in [5.41, 5.74) is 3.12. The van der Waals surface area contributed by atoms with Gasteiger partial charge in [-0.1, -0.05) is 30.3 Å². The topological polar surface area (TPSA) is 49.7 Å². The number of aryl methyl sites for hydroxylation is 1. The minimum absolute atomic E-state index is 0.116. The van der Waals surface area contributed by atoms with E-state index in [1.165, 1.54) is 0 Å². The molecule has 2 N–H and O–H groups in total. The van der Waals surface area contributed by atoms with E-state index >= 15 is 0 Å². The molecule has 0 radical (unpaired) electrons. The van der Waals surface area contributed by atoms with Crippen molar-refractivity contribution in [3.8, 4) is 11.5 Å². The van der Waals surface area contributed by atoms with Gasteiger partial charge in [0.15, 0.2) is 0 Å². The van der Waals surface area contributed by atoms with Crippen molar-refractivity contribution in [1.29, 1.82) is 0 Å². The van der Waals surface area contributed by atoms with Gasteiger partial charge in [0, 0.05) is 11.1 Å². The molecule has 0 spiro atoms. The fourth-order valence-electron chi connectivity index (χ4n) is 2.01. The fourth-order valence-corrected chi connectivity index (χ4v) is 2.01. The molecule has 0 aromatic heterocycles. The molecule has 2 rings (SSSR count). The van der Waals surface area contributed by atoms with Crippen LogP contribution in [0.4, 0.5) is 0 Å². The Hall–Kier alpha value is -2.00. The molecule has 0 aliphatic heterocycles. The van der Waals surface area contributed by atoms with E-state index in [-0.39, 0.29) is 12.4 Å². The van der Waals surface area contributed by atoms with Crippen LogP contribution in [0.25, 0.3) is 0 Å². The van der Waals surface area contributed by atoms with Gasteiger partial charge >= 0.3 is 0 Å². The molecular formula is C16H18O3. The summed E-state index contributed by atoms with van der Waals surface area (Å²) in [5.74, 6) is 0.765. The van der Waals surface area contributed by atoms with Gasteiger partial charge in [-0.3, -0.25) is 0 Å². The third-order valence-corrected chi connectivity index (χ3v) is 3.23. The summed E-state index contributed by atoms with van der Waals surface area (Å²) in [4.78, 5) is 0. The normalized spacial score (nSPS) is 10.5. The summed E-state index contributed by atoms with van der Waals surface area (Å²) < 4.78 is 5.74. The van der Waals surface area contributed by atoms with Crippen molar-refractivity contribution in [2.24, 2.45) is 0 Å². The zero-order valence-electron chi connectivity index (χ0n) is 11.2. The number of rotatable bonds is 4. The van der Waals surface area contributed by atoms with Gasteiger partial charge in [0.05, 0.1) is 6.61 Å². The Morgan fingerprint density at radius 3 is 2.42 bits per heavy atom. The fraction of sp³-hybridized carbons (Fsp3) is 0.250. The number of phenols is 1. The van der Waals surface area contributed by atoms with E-state index < -0.39 is 0 Å². The first-order chi connectivity index (χ1) is 9.13. The smallest absolute Gasteiger partial charge is 0.127 e. The number of aromatic hydroxyl groups is 1. The Kier molecular flexibility index (Phi) is 4.07. The van der Waals surface area contributed by atoms with Crippen LogP contribution in [0, 0.1) is 13.8 Å². The van der Waals surface area contributed by atoms with Crippen molar-refractivity contribution in [3.63, 3.8) is 0 Å². The van der Waals surface area contributed by atoms with Crippen LogP contribution in [-0.4, -0.2) is 10.2 Å². The van der Waals surface area contributed by atoms with Crippen LogP contribution in [0.1, 0.15) is 22.3 Å². The van der Waals surface area contributed by atoms with Crippen LogP contribution in [0.3, 0.4) is 0 Å². The van der Waals surface area contributed by atoms with E-state index in [0.717, 1.165) is 11.1 Å². The monoisotopic (exact) mass is 258 g/mol. The molecule has 0 aliphatic rings. The summed E-state index contributed by atoms with van der Waals surface area (Å²) in [6.07, 6.45) is 0. The lowest BCUT2D eigenvalue weighted by atomic mass is 10.0. The van der Waals surface area contributed by atoms with E-state index in [1.54, 1.807) is 6.92 Å². The first-order valence-electron chi connectivity index (χ1n) is 6.23. The predicted octanol–water partition coefficient (Wildman–Crippen LogP) is 3.08. The largest absolute Gasteiger partial charge is 0.507 e. The Morgan fingerprint density at radius 2 is 1.79 bits per heavy atom. The first kappa shape index (κ1) is 13.4. The second-order valence-electron chi connectivity index (χ2n) is 4.58. The third kappa shape index (κ3) is 2.88. The molecular weight excluding hydrogens is 240 g/mol. The van der Waals surface area contributed by atoms with Crippen molar-refractivity contribution >= 4 is 0 Å². The molecule has 2 aromatic carbocycles. The van der Waals surface area contributed by atoms with Gasteiger partial charge in [-0.2, -0.15) is 0 Å².